The zero-order valence-electron chi connectivity index (χ0n) is 7.41. The maximum absolute atomic E-state index is 10.4. The normalized spacial score (nSPS) is 10.3. The third kappa shape index (κ3) is 2.55. The Hall–Kier alpha value is -1.02. The molecule has 0 aliphatic rings. The van der Waals surface area contributed by atoms with E-state index in [1.54, 1.807) is 12.1 Å². The predicted octanol–water partition coefficient (Wildman–Crippen LogP) is 2.40. The minimum atomic E-state index is -0.165. The Balaban J connectivity index is 2.65. The highest BCUT2D eigenvalue weighted by molar-refractivity contribution is 5.26. The van der Waals surface area contributed by atoms with Crippen LogP contribution in [0.15, 0.2) is 24.3 Å². The van der Waals surface area contributed by atoms with Crippen molar-refractivity contribution in [3.05, 3.63) is 29.8 Å². The Morgan fingerprint density at radius 3 is 2.25 bits per heavy atom. The molecule has 0 aliphatic carbocycles. The molecule has 0 N–H and O–H groups in total. The molecule has 0 heterocycles. The highest BCUT2D eigenvalue weighted by atomic mass is 16.5. The molecule has 0 spiro atoms. The van der Waals surface area contributed by atoms with Crippen LogP contribution in [0.5, 0.6) is 5.75 Å². The lowest BCUT2D eigenvalue weighted by molar-refractivity contribution is 0.177. The Bertz CT molecular complexity index is 226. The fourth-order valence-electron chi connectivity index (χ4n) is 0.936. The van der Waals surface area contributed by atoms with E-state index in [4.69, 9.17) is 4.74 Å². The Morgan fingerprint density at radius 2 is 1.83 bits per heavy atom. The lowest BCUT2D eigenvalue weighted by atomic mass is 10.2. The van der Waals surface area contributed by atoms with Crippen LogP contribution in [0.25, 0.3) is 0 Å². The maximum atomic E-state index is 10.4. The van der Waals surface area contributed by atoms with Gasteiger partial charge in [-0.3, -0.25) is 0 Å². The fourth-order valence-corrected chi connectivity index (χ4v) is 0.936. The van der Waals surface area contributed by atoms with Crippen molar-refractivity contribution in [2.75, 3.05) is 0 Å². The molecule has 1 aromatic carbocycles. The summed E-state index contributed by atoms with van der Waals surface area (Å²) >= 11 is 0. The standard InChI is InChI=1S/C10H13O2/c1-8(2)12-10-5-3-9(7-11)4-6-10/h3-6,8H,7H2,1-2H3. The van der Waals surface area contributed by atoms with E-state index in [-0.39, 0.29) is 12.7 Å². The molecule has 0 saturated heterocycles. The Morgan fingerprint density at radius 1 is 1.25 bits per heavy atom. The van der Waals surface area contributed by atoms with Crippen molar-refractivity contribution in [3.63, 3.8) is 0 Å². The lowest BCUT2D eigenvalue weighted by Gasteiger charge is -2.09. The van der Waals surface area contributed by atoms with Gasteiger partial charge in [0.1, 0.15) is 12.4 Å². The summed E-state index contributed by atoms with van der Waals surface area (Å²) in [6, 6.07) is 7.25. The van der Waals surface area contributed by atoms with Crippen LogP contribution < -0.4 is 4.74 Å². The topological polar surface area (TPSA) is 29.1 Å². The van der Waals surface area contributed by atoms with E-state index in [9.17, 15) is 5.11 Å². The van der Waals surface area contributed by atoms with E-state index in [1.165, 1.54) is 0 Å². The van der Waals surface area contributed by atoms with Crippen LogP contribution in [0.2, 0.25) is 0 Å². The second-order valence-electron chi connectivity index (χ2n) is 2.95. The van der Waals surface area contributed by atoms with Gasteiger partial charge in [-0.15, -0.1) is 0 Å². The molecule has 0 bridgehead atoms. The van der Waals surface area contributed by atoms with E-state index >= 15 is 0 Å². The summed E-state index contributed by atoms with van der Waals surface area (Å²) in [7, 11) is 0. The zero-order valence-corrected chi connectivity index (χ0v) is 7.41. The molecule has 0 aromatic heterocycles. The largest absolute Gasteiger partial charge is 0.491 e. The van der Waals surface area contributed by atoms with Gasteiger partial charge in [0.15, 0.2) is 0 Å². The summed E-state index contributed by atoms with van der Waals surface area (Å²) in [5, 5.41) is 10.4. The van der Waals surface area contributed by atoms with Gasteiger partial charge in [-0.25, -0.2) is 5.11 Å². The molecule has 0 aliphatic heterocycles. The van der Waals surface area contributed by atoms with Crippen molar-refractivity contribution in [1.29, 1.82) is 0 Å². The summed E-state index contributed by atoms with van der Waals surface area (Å²) in [4.78, 5) is 0. The van der Waals surface area contributed by atoms with Crippen molar-refractivity contribution < 1.29 is 9.84 Å². The predicted molar refractivity (Wildman–Crippen MR) is 46.6 cm³/mol. The van der Waals surface area contributed by atoms with Crippen molar-refractivity contribution >= 4 is 0 Å². The first-order valence-corrected chi connectivity index (χ1v) is 4.06. The summed E-state index contributed by atoms with van der Waals surface area (Å²) in [6.07, 6.45) is 0.183. The highest BCUT2D eigenvalue weighted by Gasteiger charge is 1.96. The molecular weight excluding hydrogens is 152 g/mol. The minimum absolute atomic E-state index is 0.165. The van der Waals surface area contributed by atoms with Crippen molar-refractivity contribution in [2.45, 2.75) is 26.6 Å². The first kappa shape index (κ1) is 9.07. The summed E-state index contributed by atoms with van der Waals surface area (Å²) in [6.45, 7) is 3.78. The smallest absolute Gasteiger partial charge is 0.119 e. The van der Waals surface area contributed by atoms with Crippen LogP contribution in [-0.4, -0.2) is 6.10 Å². The second-order valence-corrected chi connectivity index (χ2v) is 2.95. The maximum Gasteiger partial charge on any atom is 0.119 e. The lowest BCUT2D eigenvalue weighted by Crippen LogP contribution is -2.05. The molecule has 12 heavy (non-hydrogen) atoms. The summed E-state index contributed by atoms with van der Waals surface area (Å²) in [5.74, 6) is 0.821. The Kier molecular flexibility index (Phi) is 3.11. The molecule has 1 aromatic rings. The van der Waals surface area contributed by atoms with Crippen LogP contribution in [-0.2, 0) is 11.7 Å². The van der Waals surface area contributed by atoms with Crippen LogP contribution in [0.4, 0.5) is 0 Å². The van der Waals surface area contributed by atoms with Gasteiger partial charge in [0, 0.05) is 0 Å². The fraction of sp³-hybridized carbons (Fsp3) is 0.400. The van der Waals surface area contributed by atoms with Gasteiger partial charge < -0.3 is 4.74 Å². The molecule has 0 fully saturated rings. The average molecular weight is 165 g/mol. The second kappa shape index (κ2) is 4.12. The molecule has 1 rings (SSSR count). The zero-order chi connectivity index (χ0) is 8.97. The Labute approximate surface area is 72.8 Å². The molecule has 2 nitrogen and oxygen atoms in total. The van der Waals surface area contributed by atoms with Crippen LogP contribution in [0.3, 0.4) is 0 Å². The van der Waals surface area contributed by atoms with Crippen LogP contribution in [0, 0.1) is 0 Å². The van der Waals surface area contributed by atoms with E-state index in [1.807, 2.05) is 26.0 Å². The van der Waals surface area contributed by atoms with Gasteiger partial charge >= 0.3 is 0 Å². The van der Waals surface area contributed by atoms with E-state index in [0.717, 1.165) is 11.3 Å². The van der Waals surface area contributed by atoms with Crippen molar-refractivity contribution in [2.24, 2.45) is 0 Å². The quantitative estimate of drug-likeness (QED) is 0.676. The number of hydrogen-bond acceptors (Lipinski definition) is 1. The summed E-state index contributed by atoms with van der Waals surface area (Å²) < 4.78 is 5.41. The summed E-state index contributed by atoms with van der Waals surface area (Å²) in [5.41, 5.74) is 0.797. The number of ether oxygens (including phenoxy) is 1. The number of rotatable bonds is 3. The van der Waals surface area contributed by atoms with Gasteiger partial charge in [0.25, 0.3) is 0 Å². The monoisotopic (exact) mass is 165 g/mol. The van der Waals surface area contributed by atoms with E-state index < -0.39 is 0 Å². The number of hydrogen-bond donors (Lipinski definition) is 0. The van der Waals surface area contributed by atoms with Crippen molar-refractivity contribution in [1.82, 2.24) is 0 Å². The molecule has 0 unspecified atom stereocenters. The van der Waals surface area contributed by atoms with Gasteiger partial charge in [-0.1, -0.05) is 12.1 Å². The average Bonchev–Trinajstić information content (AvgIpc) is 2.05. The third-order valence-corrected chi connectivity index (χ3v) is 1.46. The molecular formula is C10H13O2. The highest BCUT2D eigenvalue weighted by Crippen LogP contribution is 2.13. The van der Waals surface area contributed by atoms with E-state index in [0.29, 0.717) is 0 Å². The SMILES string of the molecule is CC(C)Oc1ccc(C[O])cc1. The molecule has 0 saturated carbocycles. The van der Waals surface area contributed by atoms with Gasteiger partial charge in [0.2, 0.25) is 0 Å². The first-order valence-electron chi connectivity index (χ1n) is 4.06. The molecule has 65 valence electrons. The van der Waals surface area contributed by atoms with Crippen LogP contribution in [0.1, 0.15) is 19.4 Å². The molecule has 2 heteroatoms. The van der Waals surface area contributed by atoms with Gasteiger partial charge in [0.05, 0.1) is 6.10 Å². The minimum Gasteiger partial charge on any atom is -0.491 e. The molecule has 0 atom stereocenters. The van der Waals surface area contributed by atoms with E-state index in [2.05, 4.69) is 0 Å². The first-order chi connectivity index (χ1) is 5.72. The van der Waals surface area contributed by atoms with Crippen molar-refractivity contribution in [3.8, 4) is 5.75 Å². The van der Waals surface area contributed by atoms with Gasteiger partial charge in [-0.2, -0.15) is 0 Å². The van der Waals surface area contributed by atoms with Gasteiger partial charge in [-0.05, 0) is 31.5 Å². The van der Waals surface area contributed by atoms with Crippen LogP contribution >= 0.6 is 0 Å². The number of benzene rings is 1. The third-order valence-electron chi connectivity index (χ3n) is 1.46. The molecule has 0 amide bonds. The molecule has 1 radical (unpaired) electrons.